The van der Waals surface area contributed by atoms with Crippen LogP contribution in [0, 0.1) is 0 Å². The number of ether oxygens (including phenoxy) is 2. The highest BCUT2D eigenvalue weighted by atomic mass is 16.7. The Labute approximate surface area is 421 Å². The summed E-state index contributed by atoms with van der Waals surface area (Å²) < 4.78 is 11.2. The molecule has 0 radical (unpaired) electrons. The minimum absolute atomic E-state index is 0.198. The molecule has 1 aliphatic heterocycles. The maximum atomic E-state index is 13.0. The summed E-state index contributed by atoms with van der Waals surface area (Å²) in [6.45, 7) is 3.61. The molecule has 7 atom stereocenters. The van der Waals surface area contributed by atoms with Crippen LogP contribution in [0.5, 0.6) is 0 Å². The fourth-order valence-electron chi connectivity index (χ4n) is 7.96. The Balaban J connectivity index is 2.23. The molecule has 0 spiro atoms. The monoisotopic (exact) mass is 964 g/mol. The van der Waals surface area contributed by atoms with E-state index in [0.717, 1.165) is 96.3 Å². The van der Waals surface area contributed by atoms with Gasteiger partial charge in [-0.3, -0.25) is 4.79 Å². The van der Waals surface area contributed by atoms with Crippen LogP contribution in [0.25, 0.3) is 0 Å². The molecular formula is C60H101NO8. The molecule has 1 fully saturated rings. The molecule has 1 heterocycles. The smallest absolute Gasteiger partial charge is 0.220 e. The highest BCUT2D eigenvalue weighted by molar-refractivity contribution is 5.76. The molecule has 9 heteroatoms. The van der Waals surface area contributed by atoms with E-state index in [1.165, 1.54) is 89.9 Å². The third kappa shape index (κ3) is 38.2. The number of hydrogen-bond donors (Lipinski definition) is 6. The normalized spacial score (nSPS) is 20.4. The first-order valence-electron chi connectivity index (χ1n) is 27.6. The SMILES string of the molecule is CC/C=C\C/C=C\C/C=C\C/C=C\C/C=C\C/C=C\CCCCCCCCCCCCCCC(=O)NC(COC1OC(CO)C(O)C(O)C1O)C(O)/C=C/CC/C=C/CC/C=C/CCCCCCC. The molecule has 1 saturated heterocycles. The number of carbonyl (C=O) groups excluding carboxylic acids is 1. The van der Waals surface area contributed by atoms with Gasteiger partial charge in [0.1, 0.15) is 24.4 Å². The number of rotatable bonds is 45. The number of aliphatic hydroxyl groups excluding tert-OH is 5. The summed E-state index contributed by atoms with van der Waals surface area (Å²) in [7, 11) is 0. The molecule has 7 unspecified atom stereocenters. The van der Waals surface area contributed by atoms with Crippen LogP contribution in [0.1, 0.15) is 206 Å². The minimum Gasteiger partial charge on any atom is -0.394 e. The van der Waals surface area contributed by atoms with Gasteiger partial charge in [-0.15, -0.1) is 0 Å². The Bertz CT molecular complexity index is 1440. The second-order valence-corrected chi connectivity index (χ2v) is 18.6. The third-order valence-electron chi connectivity index (χ3n) is 12.3. The first-order chi connectivity index (χ1) is 33.8. The fourth-order valence-corrected chi connectivity index (χ4v) is 7.96. The van der Waals surface area contributed by atoms with Crippen LogP contribution in [0.2, 0.25) is 0 Å². The summed E-state index contributed by atoms with van der Waals surface area (Å²) in [5.74, 6) is -0.198. The number of unbranched alkanes of at least 4 members (excludes halogenated alkanes) is 19. The average molecular weight is 964 g/mol. The number of hydrogen-bond acceptors (Lipinski definition) is 8. The van der Waals surface area contributed by atoms with E-state index in [-0.39, 0.29) is 12.5 Å². The van der Waals surface area contributed by atoms with Crippen molar-refractivity contribution >= 4 is 5.91 Å². The lowest BCUT2D eigenvalue weighted by Gasteiger charge is -2.40. The first kappa shape index (κ1) is 63.9. The molecule has 0 bridgehead atoms. The van der Waals surface area contributed by atoms with E-state index in [0.29, 0.717) is 6.42 Å². The van der Waals surface area contributed by atoms with E-state index >= 15 is 0 Å². The number of amides is 1. The van der Waals surface area contributed by atoms with Gasteiger partial charge in [-0.25, -0.2) is 0 Å². The maximum Gasteiger partial charge on any atom is 0.220 e. The second-order valence-electron chi connectivity index (χ2n) is 18.6. The number of allylic oxidation sites excluding steroid dienone is 17. The molecule has 1 rings (SSSR count). The molecule has 0 aliphatic carbocycles. The van der Waals surface area contributed by atoms with Gasteiger partial charge in [0, 0.05) is 6.42 Å². The predicted molar refractivity (Wildman–Crippen MR) is 290 cm³/mol. The van der Waals surface area contributed by atoms with Crippen molar-refractivity contribution in [3.63, 3.8) is 0 Å². The molecule has 69 heavy (non-hydrogen) atoms. The molecule has 0 aromatic carbocycles. The highest BCUT2D eigenvalue weighted by Crippen LogP contribution is 2.22. The van der Waals surface area contributed by atoms with Crippen molar-refractivity contribution in [1.82, 2.24) is 5.32 Å². The highest BCUT2D eigenvalue weighted by Gasteiger charge is 2.44. The van der Waals surface area contributed by atoms with E-state index in [1.54, 1.807) is 6.08 Å². The Hall–Kier alpha value is -3.15. The van der Waals surface area contributed by atoms with Crippen LogP contribution in [-0.4, -0.2) is 87.5 Å². The summed E-state index contributed by atoms with van der Waals surface area (Å²) in [6.07, 6.45) is 64.3. The van der Waals surface area contributed by atoms with Crippen LogP contribution in [0.3, 0.4) is 0 Å². The van der Waals surface area contributed by atoms with Crippen molar-refractivity contribution in [2.75, 3.05) is 13.2 Å². The van der Waals surface area contributed by atoms with Gasteiger partial charge in [-0.1, -0.05) is 213 Å². The van der Waals surface area contributed by atoms with Crippen LogP contribution in [-0.2, 0) is 14.3 Å². The van der Waals surface area contributed by atoms with Gasteiger partial charge in [0.25, 0.3) is 0 Å². The first-order valence-corrected chi connectivity index (χ1v) is 27.6. The second kappa shape index (κ2) is 48.5. The van der Waals surface area contributed by atoms with Gasteiger partial charge in [-0.05, 0) is 96.3 Å². The van der Waals surface area contributed by atoms with Gasteiger partial charge in [0.05, 0.1) is 25.4 Å². The molecule has 0 aromatic rings. The van der Waals surface area contributed by atoms with Crippen LogP contribution < -0.4 is 5.32 Å². The van der Waals surface area contributed by atoms with Gasteiger partial charge >= 0.3 is 0 Å². The zero-order valence-electron chi connectivity index (χ0n) is 43.5. The van der Waals surface area contributed by atoms with Crippen LogP contribution in [0.4, 0.5) is 0 Å². The molecule has 9 nitrogen and oxygen atoms in total. The molecule has 1 amide bonds. The molecule has 394 valence electrons. The van der Waals surface area contributed by atoms with Crippen molar-refractivity contribution < 1.29 is 39.8 Å². The van der Waals surface area contributed by atoms with Crippen LogP contribution >= 0.6 is 0 Å². The third-order valence-corrected chi connectivity index (χ3v) is 12.3. The zero-order chi connectivity index (χ0) is 50.1. The quantitative estimate of drug-likeness (QED) is 0.0261. The van der Waals surface area contributed by atoms with Crippen LogP contribution in [0.15, 0.2) is 109 Å². The largest absolute Gasteiger partial charge is 0.394 e. The summed E-state index contributed by atoms with van der Waals surface area (Å²) >= 11 is 0. The lowest BCUT2D eigenvalue weighted by molar-refractivity contribution is -0.302. The topological polar surface area (TPSA) is 149 Å². The maximum absolute atomic E-state index is 13.0. The average Bonchev–Trinajstić information content (AvgIpc) is 3.35. The summed E-state index contributed by atoms with van der Waals surface area (Å²) in [6, 6.07) is -0.835. The van der Waals surface area contributed by atoms with E-state index in [9.17, 15) is 30.3 Å². The molecule has 6 N–H and O–H groups in total. The van der Waals surface area contributed by atoms with E-state index < -0.39 is 49.5 Å². The summed E-state index contributed by atoms with van der Waals surface area (Å²) in [4.78, 5) is 13.0. The Morgan fingerprint density at radius 3 is 1.39 bits per heavy atom. The lowest BCUT2D eigenvalue weighted by atomic mass is 9.99. The number of nitrogens with one attached hydrogen (secondary N) is 1. The van der Waals surface area contributed by atoms with Crippen molar-refractivity contribution in [3.05, 3.63) is 109 Å². The van der Waals surface area contributed by atoms with Crippen molar-refractivity contribution in [3.8, 4) is 0 Å². The lowest BCUT2D eigenvalue weighted by Crippen LogP contribution is -2.60. The van der Waals surface area contributed by atoms with E-state index in [2.05, 4.69) is 116 Å². The Morgan fingerprint density at radius 2 is 0.913 bits per heavy atom. The fraction of sp³-hybridized carbons (Fsp3) is 0.683. The van der Waals surface area contributed by atoms with Gasteiger partial charge in [-0.2, -0.15) is 0 Å². The predicted octanol–water partition coefficient (Wildman–Crippen LogP) is 13.4. The number of carbonyl (C=O) groups is 1. The van der Waals surface area contributed by atoms with E-state index in [1.807, 2.05) is 6.08 Å². The molecule has 0 aromatic heterocycles. The van der Waals surface area contributed by atoms with E-state index in [4.69, 9.17) is 9.47 Å². The Kier molecular flexibility index (Phi) is 44.9. The van der Waals surface area contributed by atoms with Crippen molar-refractivity contribution in [2.24, 2.45) is 0 Å². The van der Waals surface area contributed by atoms with Gasteiger partial charge in [0.15, 0.2) is 6.29 Å². The van der Waals surface area contributed by atoms with Gasteiger partial charge in [0.2, 0.25) is 5.91 Å². The Morgan fingerprint density at radius 1 is 0.507 bits per heavy atom. The minimum atomic E-state index is -1.58. The summed E-state index contributed by atoms with van der Waals surface area (Å²) in [5.41, 5.74) is 0. The molecular weight excluding hydrogens is 863 g/mol. The van der Waals surface area contributed by atoms with Crippen molar-refractivity contribution in [1.29, 1.82) is 0 Å². The molecule has 0 saturated carbocycles. The standard InChI is InChI=1S/C60H101NO8/c1-3-5-7-9-11-13-15-17-19-20-21-22-23-24-25-26-27-28-29-30-31-32-33-34-36-38-40-42-44-46-48-50-56(64)61-53(52-68-60-59(67)58(66)57(65)55(51-62)69-60)54(63)49-47-45-43-41-39-37-35-18-16-14-12-10-8-6-4-2/h5,7,11,13,16-19,21-22,24-25,27-28,39,41,47,49,53-55,57-60,62-63,65-67H,3-4,6,8-10,12,14-15,20,23,26,29-38,40,42-46,48,50-52H2,1-2H3,(H,61,64)/b7-5-,13-11-,18-16+,19-17-,22-21-,25-24-,28-27-,41-39+,49-47+. The zero-order valence-corrected chi connectivity index (χ0v) is 43.5. The van der Waals surface area contributed by atoms with Gasteiger partial charge < -0.3 is 40.3 Å². The van der Waals surface area contributed by atoms with Crippen molar-refractivity contribution in [2.45, 2.75) is 249 Å². The number of aliphatic hydroxyl groups is 5. The summed E-state index contributed by atoms with van der Waals surface area (Å²) in [5, 5.41) is 54.4. The molecule has 1 aliphatic rings.